The highest BCUT2D eigenvalue weighted by molar-refractivity contribution is 6.09. The third-order valence-corrected chi connectivity index (χ3v) is 4.66. The molecular formula is C22H24N2O. The van der Waals surface area contributed by atoms with Crippen LogP contribution in [-0.2, 0) is 6.42 Å². The Kier molecular flexibility index (Phi) is 5.13. The molecule has 3 heteroatoms. The molecule has 0 saturated carbocycles. The van der Waals surface area contributed by atoms with Gasteiger partial charge in [-0.2, -0.15) is 0 Å². The zero-order valence-electron chi connectivity index (χ0n) is 15.1. The van der Waals surface area contributed by atoms with E-state index in [0.717, 1.165) is 39.7 Å². The van der Waals surface area contributed by atoms with E-state index in [1.165, 1.54) is 0 Å². The molecule has 0 radical (unpaired) electrons. The number of hydrogen-bond acceptors (Lipinski definition) is 2. The molecule has 0 saturated heterocycles. The summed E-state index contributed by atoms with van der Waals surface area (Å²) >= 11 is 0. The van der Waals surface area contributed by atoms with E-state index in [0.29, 0.717) is 13.1 Å². The third kappa shape index (κ3) is 3.14. The van der Waals surface area contributed by atoms with E-state index in [2.05, 4.69) is 19.1 Å². The first-order valence-corrected chi connectivity index (χ1v) is 8.97. The van der Waals surface area contributed by atoms with E-state index >= 15 is 0 Å². The summed E-state index contributed by atoms with van der Waals surface area (Å²) in [6.07, 6.45) is 0.768. The standard InChI is InChI=1S/C22H24N2O/c1-4-17-20(22(25)24(5-2)6-3)18-14-10-11-15-19(18)23-21(17)16-12-8-7-9-13-16/h7-15H,4-6H2,1-3H3. The topological polar surface area (TPSA) is 33.2 Å². The SMILES string of the molecule is CCc1c(-c2ccccc2)nc2ccccc2c1C(=O)N(CC)CC. The van der Waals surface area contributed by atoms with Gasteiger partial charge in [0, 0.05) is 24.0 Å². The quantitative estimate of drug-likeness (QED) is 0.662. The van der Waals surface area contributed by atoms with E-state index in [1.807, 2.05) is 61.2 Å². The highest BCUT2D eigenvalue weighted by Gasteiger charge is 2.23. The number of fused-ring (bicyclic) bond motifs is 1. The Hall–Kier alpha value is -2.68. The van der Waals surface area contributed by atoms with Gasteiger partial charge in [-0.3, -0.25) is 4.79 Å². The van der Waals surface area contributed by atoms with E-state index in [4.69, 9.17) is 4.98 Å². The Labute approximate surface area is 149 Å². The Bertz CT molecular complexity index is 883. The summed E-state index contributed by atoms with van der Waals surface area (Å²) in [4.78, 5) is 20.1. The van der Waals surface area contributed by atoms with Crippen molar-refractivity contribution in [2.24, 2.45) is 0 Å². The van der Waals surface area contributed by atoms with E-state index in [1.54, 1.807) is 0 Å². The van der Waals surface area contributed by atoms with Crippen molar-refractivity contribution in [2.75, 3.05) is 13.1 Å². The van der Waals surface area contributed by atoms with Gasteiger partial charge in [-0.15, -0.1) is 0 Å². The largest absolute Gasteiger partial charge is 0.339 e. The number of para-hydroxylation sites is 1. The number of pyridine rings is 1. The van der Waals surface area contributed by atoms with Crippen molar-refractivity contribution >= 4 is 16.8 Å². The van der Waals surface area contributed by atoms with Crippen molar-refractivity contribution in [3.63, 3.8) is 0 Å². The van der Waals surface area contributed by atoms with Gasteiger partial charge in [0.05, 0.1) is 16.8 Å². The first-order chi connectivity index (χ1) is 12.2. The second-order valence-corrected chi connectivity index (χ2v) is 6.03. The molecule has 0 aliphatic rings. The first kappa shape index (κ1) is 17.2. The molecule has 0 unspecified atom stereocenters. The van der Waals surface area contributed by atoms with E-state index in [9.17, 15) is 4.79 Å². The molecule has 0 aliphatic heterocycles. The van der Waals surface area contributed by atoms with Gasteiger partial charge in [0.2, 0.25) is 0 Å². The second kappa shape index (κ2) is 7.47. The first-order valence-electron chi connectivity index (χ1n) is 8.97. The number of amides is 1. The maximum atomic E-state index is 13.3. The van der Waals surface area contributed by atoms with Crippen LogP contribution in [0.4, 0.5) is 0 Å². The predicted octanol–water partition coefficient (Wildman–Crippen LogP) is 4.95. The molecule has 3 nitrogen and oxygen atoms in total. The summed E-state index contributed by atoms with van der Waals surface area (Å²) in [6, 6.07) is 18.1. The molecular weight excluding hydrogens is 308 g/mol. The molecule has 2 aromatic carbocycles. The summed E-state index contributed by atoms with van der Waals surface area (Å²) in [7, 11) is 0. The van der Waals surface area contributed by atoms with Gasteiger partial charge >= 0.3 is 0 Å². The fraction of sp³-hybridized carbons (Fsp3) is 0.273. The second-order valence-electron chi connectivity index (χ2n) is 6.03. The molecule has 3 aromatic rings. The number of aromatic nitrogens is 1. The normalized spacial score (nSPS) is 10.8. The number of nitrogens with zero attached hydrogens (tertiary/aromatic N) is 2. The molecule has 0 bridgehead atoms. The van der Waals surface area contributed by atoms with E-state index in [-0.39, 0.29) is 5.91 Å². The zero-order chi connectivity index (χ0) is 17.8. The van der Waals surface area contributed by atoms with E-state index < -0.39 is 0 Å². The number of hydrogen-bond donors (Lipinski definition) is 0. The van der Waals surface area contributed by atoms with Crippen LogP contribution in [0.1, 0.15) is 36.7 Å². The lowest BCUT2D eigenvalue weighted by Crippen LogP contribution is -2.31. The molecule has 1 heterocycles. The molecule has 0 aliphatic carbocycles. The monoisotopic (exact) mass is 332 g/mol. The van der Waals surface area contributed by atoms with Gasteiger partial charge in [-0.05, 0) is 31.9 Å². The van der Waals surface area contributed by atoms with Crippen molar-refractivity contribution in [1.82, 2.24) is 9.88 Å². The summed E-state index contributed by atoms with van der Waals surface area (Å²) < 4.78 is 0. The smallest absolute Gasteiger partial charge is 0.254 e. The lowest BCUT2D eigenvalue weighted by atomic mass is 9.94. The summed E-state index contributed by atoms with van der Waals surface area (Å²) in [5, 5.41) is 0.941. The fourth-order valence-corrected chi connectivity index (χ4v) is 3.34. The van der Waals surface area contributed by atoms with Crippen LogP contribution in [0, 0.1) is 0 Å². The minimum absolute atomic E-state index is 0.0950. The highest BCUT2D eigenvalue weighted by Crippen LogP contribution is 2.31. The summed E-state index contributed by atoms with van der Waals surface area (Å²) in [5.74, 6) is 0.0950. The van der Waals surface area contributed by atoms with Crippen molar-refractivity contribution in [1.29, 1.82) is 0 Å². The molecule has 0 atom stereocenters. The minimum Gasteiger partial charge on any atom is -0.339 e. The fourth-order valence-electron chi connectivity index (χ4n) is 3.34. The van der Waals surface area contributed by atoms with Crippen molar-refractivity contribution in [2.45, 2.75) is 27.2 Å². The summed E-state index contributed by atoms with van der Waals surface area (Å²) in [5.41, 5.74) is 4.67. The Balaban J connectivity index is 2.35. The average Bonchev–Trinajstić information content (AvgIpc) is 2.67. The van der Waals surface area contributed by atoms with Crippen LogP contribution in [0.5, 0.6) is 0 Å². The molecule has 128 valence electrons. The van der Waals surface area contributed by atoms with Crippen LogP contribution in [0.3, 0.4) is 0 Å². The Morgan fingerprint density at radius 2 is 1.56 bits per heavy atom. The molecule has 0 N–H and O–H groups in total. The van der Waals surface area contributed by atoms with Crippen molar-refractivity contribution in [3.05, 3.63) is 65.7 Å². The van der Waals surface area contributed by atoms with Crippen LogP contribution in [0.2, 0.25) is 0 Å². The van der Waals surface area contributed by atoms with Crippen LogP contribution < -0.4 is 0 Å². The molecule has 0 fully saturated rings. The lowest BCUT2D eigenvalue weighted by Gasteiger charge is -2.23. The van der Waals surface area contributed by atoms with Gasteiger partial charge in [0.15, 0.2) is 0 Å². The van der Waals surface area contributed by atoms with Crippen LogP contribution in [0.15, 0.2) is 54.6 Å². The molecule has 25 heavy (non-hydrogen) atoms. The predicted molar refractivity (Wildman–Crippen MR) is 104 cm³/mol. The van der Waals surface area contributed by atoms with Crippen molar-refractivity contribution in [3.8, 4) is 11.3 Å². The number of benzene rings is 2. The number of rotatable bonds is 5. The Morgan fingerprint density at radius 3 is 2.20 bits per heavy atom. The third-order valence-electron chi connectivity index (χ3n) is 4.66. The van der Waals surface area contributed by atoms with Crippen molar-refractivity contribution < 1.29 is 4.79 Å². The molecule has 0 spiro atoms. The van der Waals surface area contributed by atoms with Crippen LogP contribution in [-0.4, -0.2) is 28.9 Å². The summed E-state index contributed by atoms with van der Waals surface area (Å²) in [6.45, 7) is 7.55. The van der Waals surface area contributed by atoms with Gasteiger partial charge in [-0.25, -0.2) is 4.98 Å². The number of carbonyl (C=O) groups is 1. The van der Waals surface area contributed by atoms with Gasteiger partial charge < -0.3 is 4.90 Å². The molecule has 1 aromatic heterocycles. The number of carbonyl (C=O) groups excluding carboxylic acids is 1. The minimum atomic E-state index is 0.0950. The molecule has 1 amide bonds. The average molecular weight is 332 g/mol. The van der Waals surface area contributed by atoms with Gasteiger partial charge in [0.25, 0.3) is 5.91 Å². The maximum Gasteiger partial charge on any atom is 0.254 e. The highest BCUT2D eigenvalue weighted by atomic mass is 16.2. The van der Waals surface area contributed by atoms with Crippen LogP contribution >= 0.6 is 0 Å². The molecule has 3 rings (SSSR count). The lowest BCUT2D eigenvalue weighted by molar-refractivity contribution is 0.0774. The van der Waals surface area contributed by atoms with Gasteiger partial charge in [0.1, 0.15) is 0 Å². The Morgan fingerprint density at radius 1 is 0.920 bits per heavy atom. The van der Waals surface area contributed by atoms with Gasteiger partial charge in [-0.1, -0.05) is 55.5 Å². The van der Waals surface area contributed by atoms with Crippen LogP contribution in [0.25, 0.3) is 22.2 Å². The zero-order valence-corrected chi connectivity index (χ0v) is 15.1. The maximum absolute atomic E-state index is 13.3.